The average molecular weight is 257 g/mol. The van der Waals surface area contributed by atoms with Gasteiger partial charge in [-0.1, -0.05) is 0 Å². The van der Waals surface area contributed by atoms with Crippen LogP contribution in [-0.2, 0) is 0 Å². The molecule has 0 amide bonds. The summed E-state index contributed by atoms with van der Waals surface area (Å²) in [5.74, 6) is 2.42. The van der Waals surface area contributed by atoms with E-state index in [2.05, 4.69) is 15.3 Å². The van der Waals surface area contributed by atoms with E-state index in [0.717, 1.165) is 29.5 Å². The van der Waals surface area contributed by atoms with Gasteiger partial charge in [-0.05, 0) is 51.1 Å². The molecule has 0 aliphatic heterocycles. The first-order valence-electron chi connectivity index (χ1n) is 6.53. The third-order valence-corrected chi connectivity index (χ3v) is 2.50. The molecule has 19 heavy (non-hydrogen) atoms. The maximum atomic E-state index is 5.61. The summed E-state index contributed by atoms with van der Waals surface area (Å²) < 4.78 is 5.61. The summed E-state index contributed by atoms with van der Waals surface area (Å²) >= 11 is 0. The van der Waals surface area contributed by atoms with E-state index in [1.165, 1.54) is 0 Å². The molecule has 0 radical (unpaired) electrons. The molecule has 0 aliphatic rings. The number of nitrogens with one attached hydrogen (secondary N) is 1. The van der Waals surface area contributed by atoms with Crippen LogP contribution in [0.4, 0.5) is 5.82 Å². The first-order chi connectivity index (χ1) is 9.19. The van der Waals surface area contributed by atoms with Crippen LogP contribution >= 0.6 is 0 Å². The van der Waals surface area contributed by atoms with Crippen molar-refractivity contribution in [3.63, 3.8) is 0 Å². The molecule has 0 saturated carbocycles. The second-order valence-electron chi connectivity index (χ2n) is 4.49. The van der Waals surface area contributed by atoms with Gasteiger partial charge in [-0.3, -0.25) is 0 Å². The minimum absolute atomic E-state index is 0.180. The van der Waals surface area contributed by atoms with Crippen LogP contribution in [0.15, 0.2) is 36.5 Å². The van der Waals surface area contributed by atoms with Gasteiger partial charge in [0.05, 0.1) is 6.10 Å². The largest absolute Gasteiger partial charge is 0.491 e. The van der Waals surface area contributed by atoms with Crippen LogP contribution < -0.4 is 10.1 Å². The Morgan fingerprint density at radius 2 is 1.89 bits per heavy atom. The molecule has 1 N–H and O–H groups in total. The minimum atomic E-state index is 0.180. The zero-order chi connectivity index (χ0) is 13.7. The van der Waals surface area contributed by atoms with E-state index in [1.807, 2.05) is 51.1 Å². The number of nitrogens with zero attached hydrogens (tertiary/aromatic N) is 2. The summed E-state index contributed by atoms with van der Waals surface area (Å²) in [6, 6.07) is 9.70. The van der Waals surface area contributed by atoms with Gasteiger partial charge >= 0.3 is 0 Å². The van der Waals surface area contributed by atoms with Gasteiger partial charge < -0.3 is 10.1 Å². The molecular weight excluding hydrogens is 238 g/mol. The van der Waals surface area contributed by atoms with Crippen LogP contribution in [0, 0.1) is 0 Å². The normalized spacial score (nSPS) is 10.5. The fourth-order valence-electron chi connectivity index (χ4n) is 1.73. The standard InChI is InChI=1S/C15H19N3O/c1-4-16-14-9-10-17-15(18-14)12-5-7-13(8-6-12)19-11(2)3/h5-11H,4H2,1-3H3,(H,16,17,18). The second kappa shape index (κ2) is 6.18. The zero-order valence-electron chi connectivity index (χ0n) is 11.6. The van der Waals surface area contributed by atoms with Crippen LogP contribution in [0.1, 0.15) is 20.8 Å². The predicted molar refractivity (Wildman–Crippen MR) is 77.4 cm³/mol. The summed E-state index contributed by atoms with van der Waals surface area (Å²) in [5.41, 5.74) is 0.982. The Morgan fingerprint density at radius 3 is 2.53 bits per heavy atom. The number of rotatable bonds is 5. The van der Waals surface area contributed by atoms with E-state index >= 15 is 0 Å². The van der Waals surface area contributed by atoms with Crippen molar-refractivity contribution in [3.05, 3.63) is 36.5 Å². The lowest BCUT2D eigenvalue weighted by atomic mass is 10.2. The third kappa shape index (κ3) is 3.68. The van der Waals surface area contributed by atoms with Gasteiger partial charge in [0.25, 0.3) is 0 Å². The molecule has 1 aromatic carbocycles. The molecule has 2 aromatic rings. The number of ether oxygens (including phenoxy) is 1. The Kier molecular flexibility index (Phi) is 4.34. The summed E-state index contributed by atoms with van der Waals surface area (Å²) in [4.78, 5) is 8.75. The van der Waals surface area contributed by atoms with E-state index in [9.17, 15) is 0 Å². The number of benzene rings is 1. The summed E-state index contributed by atoms with van der Waals surface area (Å²) in [7, 11) is 0. The Balaban J connectivity index is 2.19. The van der Waals surface area contributed by atoms with Crippen LogP contribution in [-0.4, -0.2) is 22.6 Å². The van der Waals surface area contributed by atoms with Gasteiger partial charge in [0.2, 0.25) is 0 Å². The Labute approximate surface area is 113 Å². The fraction of sp³-hybridized carbons (Fsp3) is 0.333. The highest BCUT2D eigenvalue weighted by Crippen LogP contribution is 2.20. The molecular formula is C15H19N3O. The molecule has 0 unspecified atom stereocenters. The number of anilines is 1. The molecule has 0 atom stereocenters. The van der Waals surface area contributed by atoms with Gasteiger partial charge in [-0.15, -0.1) is 0 Å². The van der Waals surface area contributed by atoms with Crippen molar-refractivity contribution in [3.8, 4) is 17.1 Å². The molecule has 0 spiro atoms. The van der Waals surface area contributed by atoms with Crippen molar-refractivity contribution in [1.82, 2.24) is 9.97 Å². The second-order valence-corrected chi connectivity index (χ2v) is 4.49. The van der Waals surface area contributed by atoms with Crippen molar-refractivity contribution in [2.24, 2.45) is 0 Å². The quantitative estimate of drug-likeness (QED) is 0.892. The van der Waals surface area contributed by atoms with Crippen molar-refractivity contribution in [2.45, 2.75) is 26.9 Å². The Hall–Kier alpha value is -2.10. The Morgan fingerprint density at radius 1 is 1.16 bits per heavy atom. The molecule has 4 heteroatoms. The van der Waals surface area contributed by atoms with E-state index in [1.54, 1.807) is 6.20 Å². The van der Waals surface area contributed by atoms with E-state index in [-0.39, 0.29) is 6.10 Å². The third-order valence-electron chi connectivity index (χ3n) is 2.50. The zero-order valence-corrected chi connectivity index (χ0v) is 11.6. The van der Waals surface area contributed by atoms with Gasteiger partial charge in [0.1, 0.15) is 11.6 Å². The molecule has 1 aromatic heterocycles. The van der Waals surface area contributed by atoms with Crippen LogP contribution in [0.25, 0.3) is 11.4 Å². The van der Waals surface area contributed by atoms with Crippen LogP contribution in [0.5, 0.6) is 5.75 Å². The highest BCUT2D eigenvalue weighted by Gasteiger charge is 2.03. The Bertz CT molecular complexity index is 523. The van der Waals surface area contributed by atoms with Crippen LogP contribution in [0.3, 0.4) is 0 Å². The van der Waals surface area contributed by atoms with E-state index in [4.69, 9.17) is 4.74 Å². The summed E-state index contributed by atoms with van der Waals surface area (Å²) in [6.07, 6.45) is 1.94. The molecule has 1 heterocycles. The van der Waals surface area contributed by atoms with Gasteiger partial charge in [0, 0.05) is 18.3 Å². The molecule has 2 rings (SSSR count). The first-order valence-corrected chi connectivity index (χ1v) is 6.53. The highest BCUT2D eigenvalue weighted by atomic mass is 16.5. The maximum Gasteiger partial charge on any atom is 0.161 e. The highest BCUT2D eigenvalue weighted by molar-refractivity contribution is 5.57. The minimum Gasteiger partial charge on any atom is -0.491 e. The SMILES string of the molecule is CCNc1ccnc(-c2ccc(OC(C)C)cc2)n1. The number of hydrogen-bond donors (Lipinski definition) is 1. The monoisotopic (exact) mass is 257 g/mol. The average Bonchev–Trinajstić information content (AvgIpc) is 2.40. The lowest BCUT2D eigenvalue weighted by Crippen LogP contribution is -2.05. The maximum absolute atomic E-state index is 5.61. The van der Waals surface area contributed by atoms with E-state index in [0.29, 0.717) is 0 Å². The van der Waals surface area contributed by atoms with Gasteiger partial charge in [-0.25, -0.2) is 9.97 Å². The van der Waals surface area contributed by atoms with Gasteiger partial charge in [-0.2, -0.15) is 0 Å². The van der Waals surface area contributed by atoms with E-state index < -0.39 is 0 Å². The van der Waals surface area contributed by atoms with Crippen molar-refractivity contribution in [2.75, 3.05) is 11.9 Å². The fourth-order valence-corrected chi connectivity index (χ4v) is 1.73. The van der Waals surface area contributed by atoms with Crippen molar-refractivity contribution < 1.29 is 4.74 Å². The lowest BCUT2D eigenvalue weighted by Gasteiger charge is -2.10. The molecule has 4 nitrogen and oxygen atoms in total. The van der Waals surface area contributed by atoms with Gasteiger partial charge in [0.15, 0.2) is 5.82 Å². The first kappa shape index (κ1) is 13.3. The summed E-state index contributed by atoms with van der Waals surface area (Å²) in [5, 5.41) is 3.18. The summed E-state index contributed by atoms with van der Waals surface area (Å²) in [6.45, 7) is 6.91. The number of hydrogen-bond acceptors (Lipinski definition) is 4. The van der Waals surface area contributed by atoms with Crippen molar-refractivity contribution >= 4 is 5.82 Å². The van der Waals surface area contributed by atoms with Crippen molar-refractivity contribution in [1.29, 1.82) is 0 Å². The smallest absolute Gasteiger partial charge is 0.161 e. The molecule has 100 valence electrons. The lowest BCUT2D eigenvalue weighted by molar-refractivity contribution is 0.242. The molecule has 0 saturated heterocycles. The molecule has 0 fully saturated rings. The molecule has 0 bridgehead atoms. The number of aromatic nitrogens is 2. The topological polar surface area (TPSA) is 47.0 Å². The molecule has 0 aliphatic carbocycles. The van der Waals surface area contributed by atoms with Crippen LogP contribution in [0.2, 0.25) is 0 Å². The predicted octanol–water partition coefficient (Wildman–Crippen LogP) is 3.36.